The summed E-state index contributed by atoms with van der Waals surface area (Å²) in [5, 5.41) is 0. The van der Waals surface area contributed by atoms with Crippen molar-refractivity contribution >= 4 is 0 Å². The van der Waals surface area contributed by atoms with Crippen LogP contribution in [0.2, 0.25) is 0 Å². The normalized spacial score (nSPS) is 12.3. The van der Waals surface area contributed by atoms with Gasteiger partial charge in [-0.3, -0.25) is 0 Å². The van der Waals surface area contributed by atoms with Crippen molar-refractivity contribution in [1.82, 2.24) is 0 Å². The van der Waals surface area contributed by atoms with E-state index in [1.807, 2.05) is 0 Å². The van der Waals surface area contributed by atoms with Crippen molar-refractivity contribution in [3.63, 3.8) is 0 Å². The minimum Gasteiger partial charge on any atom is -0.0882 e. The molecule has 0 aromatic heterocycles. The molecule has 0 unspecified atom stereocenters. The van der Waals surface area contributed by atoms with Crippen molar-refractivity contribution in [3.8, 4) is 0 Å². The van der Waals surface area contributed by atoms with Crippen molar-refractivity contribution in [2.24, 2.45) is 0 Å². The van der Waals surface area contributed by atoms with Gasteiger partial charge in [-0.15, -0.1) is 0 Å². The van der Waals surface area contributed by atoms with E-state index in [0.717, 1.165) is 6.42 Å². The van der Waals surface area contributed by atoms with Gasteiger partial charge in [0, 0.05) is 0 Å². The molecule has 0 saturated carbocycles. The SMILES string of the molecule is CCC/C=C/C=C\C/C=C\CCCCCCCC. The van der Waals surface area contributed by atoms with Gasteiger partial charge in [0.1, 0.15) is 0 Å². The van der Waals surface area contributed by atoms with Crippen LogP contribution >= 0.6 is 0 Å². The van der Waals surface area contributed by atoms with Gasteiger partial charge in [-0.2, -0.15) is 0 Å². The maximum atomic E-state index is 2.33. The van der Waals surface area contributed by atoms with Crippen LogP contribution in [0.5, 0.6) is 0 Å². The largest absolute Gasteiger partial charge is 0.0882 e. The average molecular weight is 248 g/mol. The van der Waals surface area contributed by atoms with Gasteiger partial charge in [0.15, 0.2) is 0 Å². The summed E-state index contributed by atoms with van der Waals surface area (Å²) in [5.41, 5.74) is 0. The quantitative estimate of drug-likeness (QED) is 0.207. The second kappa shape index (κ2) is 16.2. The first kappa shape index (κ1) is 17.2. The molecule has 0 spiro atoms. The summed E-state index contributed by atoms with van der Waals surface area (Å²) in [6.07, 6.45) is 26.5. The summed E-state index contributed by atoms with van der Waals surface area (Å²) in [6, 6.07) is 0. The molecule has 0 N–H and O–H groups in total. The average Bonchev–Trinajstić information content (AvgIpc) is 2.39. The van der Waals surface area contributed by atoms with E-state index in [9.17, 15) is 0 Å². The lowest BCUT2D eigenvalue weighted by Gasteiger charge is -1.97. The van der Waals surface area contributed by atoms with Gasteiger partial charge < -0.3 is 0 Å². The summed E-state index contributed by atoms with van der Waals surface area (Å²) in [6.45, 7) is 4.48. The highest BCUT2D eigenvalue weighted by Gasteiger charge is 1.87. The van der Waals surface area contributed by atoms with E-state index in [2.05, 4.69) is 50.3 Å². The molecule has 0 aromatic rings. The highest BCUT2D eigenvalue weighted by atomic mass is 13.9. The van der Waals surface area contributed by atoms with Gasteiger partial charge >= 0.3 is 0 Å². The van der Waals surface area contributed by atoms with Crippen LogP contribution in [0.1, 0.15) is 78.1 Å². The van der Waals surface area contributed by atoms with Crippen LogP contribution in [-0.2, 0) is 0 Å². The molecular formula is C18H32. The fourth-order valence-electron chi connectivity index (χ4n) is 1.83. The first-order chi connectivity index (χ1) is 8.91. The molecule has 0 radical (unpaired) electrons. The highest BCUT2D eigenvalue weighted by molar-refractivity contribution is 5.04. The third kappa shape index (κ3) is 15.2. The molecule has 0 aliphatic rings. The van der Waals surface area contributed by atoms with Crippen LogP contribution in [0.4, 0.5) is 0 Å². The third-order valence-electron chi connectivity index (χ3n) is 3.00. The molecule has 0 aliphatic carbocycles. The van der Waals surface area contributed by atoms with Gasteiger partial charge in [-0.1, -0.05) is 88.8 Å². The summed E-state index contributed by atoms with van der Waals surface area (Å²) in [4.78, 5) is 0. The van der Waals surface area contributed by atoms with Crippen molar-refractivity contribution in [1.29, 1.82) is 0 Å². The van der Waals surface area contributed by atoms with Crippen LogP contribution < -0.4 is 0 Å². The standard InChI is InChI=1S/C18H32/c1-3-5-7-9-11-13-15-17-18-16-14-12-10-8-6-4-2/h7,9,11,13,17-18H,3-6,8,10,12,14-16H2,1-2H3/b9-7+,13-11-,18-17-. The summed E-state index contributed by atoms with van der Waals surface area (Å²) in [5.74, 6) is 0. The Morgan fingerprint density at radius 2 is 1.28 bits per heavy atom. The van der Waals surface area contributed by atoms with Crippen LogP contribution in [0, 0.1) is 0 Å². The molecule has 0 nitrogen and oxygen atoms in total. The number of allylic oxidation sites excluding steroid dienone is 6. The first-order valence-electron chi connectivity index (χ1n) is 7.88. The number of hydrogen-bond donors (Lipinski definition) is 0. The fraction of sp³-hybridized carbons (Fsp3) is 0.667. The highest BCUT2D eigenvalue weighted by Crippen LogP contribution is 2.07. The molecule has 104 valence electrons. The lowest BCUT2D eigenvalue weighted by molar-refractivity contribution is 0.611. The summed E-state index contributed by atoms with van der Waals surface area (Å²) in [7, 11) is 0. The van der Waals surface area contributed by atoms with E-state index in [1.165, 1.54) is 57.8 Å². The Hall–Kier alpha value is -0.780. The van der Waals surface area contributed by atoms with Crippen LogP contribution in [-0.4, -0.2) is 0 Å². The van der Waals surface area contributed by atoms with Crippen molar-refractivity contribution in [2.75, 3.05) is 0 Å². The van der Waals surface area contributed by atoms with Crippen molar-refractivity contribution in [3.05, 3.63) is 36.5 Å². The lowest BCUT2D eigenvalue weighted by Crippen LogP contribution is -1.77. The number of unbranched alkanes of at least 4 members (excludes halogenated alkanes) is 7. The Morgan fingerprint density at radius 3 is 2.06 bits per heavy atom. The number of hydrogen-bond acceptors (Lipinski definition) is 0. The first-order valence-corrected chi connectivity index (χ1v) is 7.88. The summed E-state index contributed by atoms with van der Waals surface area (Å²) < 4.78 is 0. The van der Waals surface area contributed by atoms with Gasteiger partial charge in [-0.25, -0.2) is 0 Å². The Labute approximate surface area is 115 Å². The Morgan fingerprint density at radius 1 is 0.556 bits per heavy atom. The lowest BCUT2D eigenvalue weighted by atomic mass is 10.1. The van der Waals surface area contributed by atoms with E-state index in [0.29, 0.717) is 0 Å². The van der Waals surface area contributed by atoms with Gasteiger partial charge in [0.05, 0.1) is 0 Å². The Kier molecular flexibility index (Phi) is 15.5. The maximum absolute atomic E-state index is 2.33. The molecule has 18 heavy (non-hydrogen) atoms. The minimum atomic E-state index is 1.08. The monoisotopic (exact) mass is 248 g/mol. The fourth-order valence-corrected chi connectivity index (χ4v) is 1.83. The van der Waals surface area contributed by atoms with E-state index >= 15 is 0 Å². The summed E-state index contributed by atoms with van der Waals surface area (Å²) >= 11 is 0. The maximum Gasteiger partial charge on any atom is -0.0166 e. The second-order valence-electron chi connectivity index (χ2n) is 4.91. The van der Waals surface area contributed by atoms with Gasteiger partial charge in [0.25, 0.3) is 0 Å². The predicted molar refractivity (Wildman–Crippen MR) is 84.9 cm³/mol. The molecule has 0 atom stereocenters. The van der Waals surface area contributed by atoms with E-state index in [1.54, 1.807) is 0 Å². The van der Waals surface area contributed by atoms with Crippen LogP contribution in [0.3, 0.4) is 0 Å². The zero-order chi connectivity index (χ0) is 13.3. The Bertz CT molecular complexity index is 220. The number of rotatable bonds is 12. The molecule has 0 aromatic carbocycles. The van der Waals surface area contributed by atoms with E-state index in [4.69, 9.17) is 0 Å². The minimum absolute atomic E-state index is 1.08. The molecule has 0 bridgehead atoms. The molecule has 0 fully saturated rings. The van der Waals surface area contributed by atoms with Crippen molar-refractivity contribution < 1.29 is 0 Å². The van der Waals surface area contributed by atoms with Crippen LogP contribution in [0.15, 0.2) is 36.5 Å². The molecule has 0 heteroatoms. The molecular weight excluding hydrogens is 216 g/mol. The van der Waals surface area contributed by atoms with Crippen LogP contribution in [0.25, 0.3) is 0 Å². The molecule has 0 heterocycles. The van der Waals surface area contributed by atoms with E-state index < -0.39 is 0 Å². The smallest absolute Gasteiger partial charge is 0.0166 e. The zero-order valence-electron chi connectivity index (χ0n) is 12.5. The molecule has 0 aliphatic heterocycles. The Balaban J connectivity index is 3.22. The second-order valence-corrected chi connectivity index (χ2v) is 4.91. The van der Waals surface area contributed by atoms with Gasteiger partial charge in [-0.05, 0) is 25.7 Å². The zero-order valence-corrected chi connectivity index (χ0v) is 12.5. The molecule has 0 saturated heterocycles. The predicted octanol–water partition coefficient (Wildman–Crippen LogP) is 6.60. The van der Waals surface area contributed by atoms with Gasteiger partial charge in [0.2, 0.25) is 0 Å². The third-order valence-corrected chi connectivity index (χ3v) is 3.00. The molecule has 0 rings (SSSR count). The topological polar surface area (TPSA) is 0 Å². The van der Waals surface area contributed by atoms with Crippen molar-refractivity contribution in [2.45, 2.75) is 78.1 Å². The molecule has 0 amide bonds. The van der Waals surface area contributed by atoms with E-state index in [-0.39, 0.29) is 0 Å².